The average molecular weight is 500 g/mol. The second-order valence-electron chi connectivity index (χ2n) is 8.15. The van der Waals surface area contributed by atoms with Crippen LogP contribution in [0.5, 0.6) is 0 Å². The number of rotatable bonds is 8. The summed E-state index contributed by atoms with van der Waals surface area (Å²) in [5.74, 6) is -0.531. The zero-order valence-corrected chi connectivity index (χ0v) is 20.4. The molecule has 0 spiro atoms. The fourth-order valence-electron chi connectivity index (χ4n) is 3.82. The van der Waals surface area contributed by atoms with Gasteiger partial charge in [-0.2, -0.15) is 0 Å². The lowest BCUT2D eigenvalue weighted by molar-refractivity contribution is -0.115. The van der Waals surface area contributed by atoms with Gasteiger partial charge >= 0.3 is 0 Å². The second kappa shape index (κ2) is 11.3. The summed E-state index contributed by atoms with van der Waals surface area (Å²) in [5.41, 5.74) is 4.90. The first-order valence-corrected chi connectivity index (χ1v) is 11.9. The number of piperazine rings is 1. The Hall–Kier alpha value is -2.60. The number of hydrogen-bond donors (Lipinski definition) is 1. The molecule has 0 saturated carbocycles. The van der Waals surface area contributed by atoms with E-state index in [0.717, 1.165) is 56.1 Å². The molecule has 0 aliphatic carbocycles. The van der Waals surface area contributed by atoms with Crippen molar-refractivity contribution >= 4 is 33.2 Å². The molecule has 4 nitrogen and oxygen atoms in total. The van der Waals surface area contributed by atoms with Crippen molar-refractivity contribution in [1.29, 1.82) is 0 Å². The summed E-state index contributed by atoms with van der Waals surface area (Å²) in [7, 11) is 0. The third-order valence-electron chi connectivity index (χ3n) is 5.66. The zero-order valence-electron chi connectivity index (χ0n) is 18.8. The van der Waals surface area contributed by atoms with Crippen molar-refractivity contribution in [2.24, 2.45) is 0 Å². The molecule has 0 bridgehead atoms. The first kappa shape index (κ1) is 24.1. The molecule has 2 aromatic carbocycles. The van der Waals surface area contributed by atoms with E-state index in [1.54, 1.807) is 6.07 Å². The van der Waals surface area contributed by atoms with Crippen LogP contribution >= 0.6 is 15.9 Å². The van der Waals surface area contributed by atoms with E-state index in [1.807, 2.05) is 24.3 Å². The molecule has 0 unspecified atom stereocenters. The maximum Gasteiger partial charge on any atom is 0.228 e. The molecular formula is C26H31BrFN3O. The number of halogens is 2. The Bertz CT molecular complexity index is 959. The van der Waals surface area contributed by atoms with Gasteiger partial charge in [-0.05, 0) is 66.9 Å². The van der Waals surface area contributed by atoms with Crippen LogP contribution in [0, 0.1) is 5.82 Å². The first-order valence-electron chi connectivity index (χ1n) is 11.1. The van der Waals surface area contributed by atoms with Crippen molar-refractivity contribution in [3.05, 3.63) is 82.2 Å². The number of carbonyl (C=O) groups is 1. The number of benzene rings is 2. The fourth-order valence-corrected chi connectivity index (χ4v) is 4.33. The van der Waals surface area contributed by atoms with Crippen LogP contribution in [-0.2, 0) is 11.2 Å². The summed E-state index contributed by atoms with van der Waals surface area (Å²) in [6, 6.07) is 12.4. The van der Waals surface area contributed by atoms with Crippen molar-refractivity contribution in [2.75, 3.05) is 36.4 Å². The predicted molar refractivity (Wildman–Crippen MR) is 134 cm³/mol. The van der Waals surface area contributed by atoms with E-state index < -0.39 is 0 Å². The molecule has 1 N–H and O–H groups in total. The number of unbranched alkanes of at least 4 members (excludes halogenated alkanes) is 1. The van der Waals surface area contributed by atoms with E-state index in [0.29, 0.717) is 10.0 Å². The third-order valence-corrected chi connectivity index (χ3v) is 6.12. The van der Waals surface area contributed by atoms with Crippen molar-refractivity contribution in [3.8, 4) is 0 Å². The topological polar surface area (TPSA) is 35.6 Å². The molecule has 6 heteroatoms. The highest BCUT2D eigenvalue weighted by atomic mass is 79.9. The number of carbonyl (C=O) groups excluding carboxylic acids is 1. The molecule has 1 aliphatic rings. The van der Waals surface area contributed by atoms with Crippen LogP contribution in [0.15, 0.2) is 70.9 Å². The van der Waals surface area contributed by atoms with E-state index in [2.05, 4.69) is 57.5 Å². The first-order chi connectivity index (χ1) is 15.4. The van der Waals surface area contributed by atoms with E-state index in [-0.39, 0.29) is 18.1 Å². The lowest BCUT2D eigenvalue weighted by Crippen LogP contribution is -2.45. The third kappa shape index (κ3) is 6.70. The van der Waals surface area contributed by atoms with Crippen LogP contribution in [0.2, 0.25) is 0 Å². The summed E-state index contributed by atoms with van der Waals surface area (Å²) >= 11 is 3.26. The number of amides is 1. The van der Waals surface area contributed by atoms with Gasteiger partial charge in [-0.25, -0.2) is 4.39 Å². The maximum atomic E-state index is 13.5. The molecule has 1 aliphatic heterocycles. The molecule has 1 fully saturated rings. The van der Waals surface area contributed by atoms with Crippen LogP contribution in [0.3, 0.4) is 0 Å². The summed E-state index contributed by atoms with van der Waals surface area (Å²) in [4.78, 5) is 17.0. The Kier molecular flexibility index (Phi) is 8.51. The van der Waals surface area contributed by atoms with Gasteiger partial charge in [-0.3, -0.25) is 4.79 Å². The van der Waals surface area contributed by atoms with Gasteiger partial charge in [0, 0.05) is 47.7 Å². The minimum absolute atomic E-state index is 0.121. The van der Waals surface area contributed by atoms with Gasteiger partial charge in [-0.15, -0.1) is 0 Å². The minimum atomic E-state index is -0.359. The summed E-state index contributed by atoms with van der Waals surface area (Å²) in [6.45, 7) is 12.4. The number of nitrogens with one attached hydrogen (secondary N) is 1. The Balaban J connectivity index is 1.51. The van der Waals surface area contributed by atoms with Crippen molar-refractivity contribution < 1.29 is 9.18 Å². The summed E-state index contributed by atoms with van der Waals surface area (Å²) in [5, 5.41) is 2.89. The van der Waals surface area contributed by atoms with Crippen LogP contribution in [-0.4, -0.2) is 37.0 Å². The van der Waals surface area contributed by atoms with Crippen molar-refractivity contribution in [1.82, 2.24) is 4.90 Å². The van der Waals surface area contributed by atoms with Crippen molar-refractivity contribution in [3.63, 3.8) is 0 Å². The lowest BCUT2D eigenvalue weighted by Gasteiger charge is -2.38. The largest absolute Gasteiger partial charge is 0.368 e. The quantitative estimate of drug-likeness (QED) is 0.442. The molecule has 0 atom stereocenters. The van der Waals surface area contributed by atoms with Crippen LogP contribution in [0.1, 0.15) is 32.3 Å². The van der Waals surface area contributed by atoms with Gasteiger partial charge in [-0.1, -0.05) is 41.9 Å². The molecule has 1 saturated heterocycles. The van der Waals surface area contributed by atoms with Gasteiger partial charge in [0.1, 0.15) is 5.82 Å². The smallest absolute Gasteiger partial charge is 0.228 e. The number of nitrogens with zero attached hydrogens (tertiary/aromatic N) is 2. The monoisotopic (exact) mass is 499 g/mol. The molecule has 32 heavy (non-hydrogen) atoms. The van der Waals surface area contributed by atoms with E-state index >= 15 is 0 Å². The molecule has 3 rings (SSSR count). The lowest BCUT2D eigenvalue weighted by atomic mass is 10.1. The Morgan fingerprint density at radius 2 is 1.84 bits per heavy atom. The Morgan fingerprint density at radius 3 is 2.47 bits per heavy atom. The van der Waals surface area contributed by atoms with Crippen molar-refractivity contribution in [2.45, 2.75) is 33.1 Å². The zero-order chi connectivity index (χ0) is 23.1. The van der Waals surface area contributed by atoms with Crippen LogP contribution < -0.4 is 10.2 Å². The van der Waals surface area contributed by atoms with Crippen LogP contribution in [0.25, 0.3) is 0 Å². The molecule has 1 heterocycles. The maximum absolute atomic E-state index is 13.5. The fraction of sp³-hybridized carbons (Fsp3) is 0.346. The molecule has 1 amide bonds. The Morgan fingerprint density at radius 1 is 1.16 bits per heavy atom. The SMILES string of the molecule is C=C(/C(C)=C/CCC)N1CCN(c2ccc(NC(=O)Cc3cc(F)cc(Br)c3)cc2)CC1. The number of hydrogen-bond acceptors (Lipinski definition) is 3. The molecular weight excluding hydrogens is 469 g/mol. The predicted octanol–water partition coefficient (Wildman–Crippen LogP) is 6.15. The summed E-state index contributed by atoms with van der Waals surface area (Å²) in [6.07, 6.45) is 4.63. The number of anilines is 2. The van der Waals surface area contributed by atoms with Crippen LogP contribution in [0.4, 0.5) is 15.8 Å². The highest BCUT2D eigenvalue weighted by Crippen LogP contribution is 2.23. The standard InChI is InChI=1S/C26H31BrFN3O/c1-4-5-6-19(2)20(3)30-11-13-31(14-12-30)25-9-7-24(8-10-25)29-26(32)17-21-15-22(27)18-23(28)16-21/h6-10,15-16,18H,3-5,11-14,17H2,1-2H3,(H,29,32)/b19-6+. The van der Waals surface area contributed by atoms with E-state index in [9.17, 15) is 9.18 Å². The number of allylic oxidation sites excluding steroid dienone is 2. The molecule has 2 aromatic rings. The van der Waals surface area contributed by atoms with Gasteiger partial charge in [0.15, 0.2) is 0 Å². The summed E-state index contributed by atoms with van der Waals surface area (Å²) < 4.78 is 14.1. The second-order valence-corrected chi connectivity index (χ2v) is 9.06. The average Bonchev–Trinajstić information content (AvgIpc) is 2.77. The normalized spacial score (nSPS) is 14.4. The Labute approximate surface area is 198 Å². The van der Waals surface area contributed by atoms with Gasteiger partial charge in [0.25, 0.3) is 0 Å². The minimum Gasteiger partial charge on any atom is -0.368 e. The molecule has 0 radical (unpaired) electrons. The van der Waals surface area contributed by atoms with E-state index in [1.165, 1.54) is 17.7 Å². The van der Waals surface area contributed by atoms with Gasteiger partial charge in [0.2, 0.25) is 5.91 Å². The molecule has 170 valence electrons. The highest BCUT2D eigenvalue weighted by Gasteiger charge is 2.19. The molecule has 0 aromatic heterocycles. The highest BCUT2D eigenvalue weighted by molar-refractivity contribution is 9.10. The van der Waals surface area contributed by atoms with Gasteiger partial charge < -0.3 is 15.1 Å². The van der Waals surface area contributed by atoms with E-state index in [4.69, 9.17) is 0 Å². The van der Waals surface area contributed by atoms with Gasteiger partial charge in [0.05, 0.1) is 6.42 Å².